The highest BCUT2D eigenvalue weighted by Gasteiger charge is 2.40. The van der Waals surface area contributed by atoms with Crippen LogP contribution >= 0.6 is 0 Å². The minimum absolute atomic E-state index is 0.198. The zero-order valence-corrected chi connectivity index (χ0v) is 18.4. The van der Waals surface area contributed by atoms with Crippen molar-refractivity contribution in [2.45, 2.75) is 13.8 Å². The second-order valence-electron chi connectivity index (χ2n) is 7.60. The number of nitrogens with zero attached hydrogens (tertiary/aromatic N) is 1. The Kier molecular flexibility index (Phi) is 5.69. The van der Waals surface area contributed by atoms with E-state index in [9.17, 15) is 9.59 Å². The van der Waals surface area contributed by atoms with E-state index >= 15 is 0 Å². The lowest BCUT2D eigenvalue weighted by Gasteiger charge is -2.17. The molecule has 0 spiro atoms. The number of anilines is 2. The van der Waals surface area contributed by atoms with Gasteiger partial charge in [0, 0.05) is 6.07 Å². The Morgan fingerprint density at radius 1 is 0.781 bits per heavy atom. The SMILES string of the molecule is COc1ccc(NC2=C(c3ccccc3)C(=O)N(c3cc(C)cc(C)c3)C2=O)c(OC)c1. The molecule has 0 unspecified atom stereocenters. The van der Waals surface area contributed by atoms with Gasteiger partial charge in [-0.15, -0.1) is 0 Å². The first-order chi connectivity index (χ1) is 15.4. The zero-order chi connectivity index (χ0) is 22.8. The molecule has 0 atom stereocenters. The molecule has 0 bridgehead atoms. The molecule has 0 aliphatic carbocycles. The molecule has 6 heteroatoms. The summed E-state index contributed by atoms with van der Waals surface area (Å²) in [6, 6.07) is 20.1. The standard InChI is InChI=1S/C26H24N2O4/c1-16-12-17(2)14-19(13-16)28-25(29)23(18-8-6-5-7-9-18)24(26(28)30)27-21-11-10-20(31-3)15-22(21)32-4/h5-15,27H,1-4H3. The number of hydrogen-bond acceptors (Lipinski definition) is 5. The van der Waals surface area contributed by atoms with E-state index in [-0.39, 0.29) is 11.6 Å². The molecule has 0 radical (unpaired) electrons. The van der Waals surface area contributed by atoms with Crippen molar-refractivity contribution < 1.29 is 19.1 Å². The molecule has 3 aromatic rings. The number of ether oxygens (including phenoxy) is 2. The molecule has 32 heavy (non-hydrogen) atoms. The van der Waals surface area contributed by atoms with Crippen LogP contribution in [0.1, 0.15) is 16.7 Å². The molecule has 0 aromatic heterocycles. The van der Waals surface area contributed by atoms with E-state index in [0.717, 1.165) is 11.1 Å². The number of carbonyl (C=O) groups is 2. The number of hydrogen-bond donors (Lipinski definition) is 1. The van der Waals surface area contributed by atoms with Gasteiger partial charge < -0.3 is 14.8 Å². The molecule has 4 rings (SSSR count). The first-order valence-electron chi connectivity index (χ1n) is 10.2. The van der Waals surface area contributed by atoms with Crippen LogP contribution in [0.2, 0.25) is 0 Å². The largest absolute Gasteiger partial charge is 0.497 e. The van der Waals surface area contributed by atoms with Crippen molar-refractivity contribution in [2.24, 2.45) is 0 Å². The van der Waals surface area contributed by atoms with Gasteiger partial charge in [-0.3, -0.25) is 9.59 Å². The molecule has 1 aliphatic heterocycles. The van der Waals surface area contributed by atoms with Gasteiger partial charge in [0.05, 0.1) is 31.2 Å². The maximum absolute atomic E-state index is 13.6. The molecular weight excluding hydrogens is 404 g/mol. The van der Waals surface area contributed by atoms with Gasteiger partial charge in [-0.05, 0) is 54.8 Å². The minimum Gasteiger partial charge on any atom is -0.497 e. The molecule has 1 heterocycles. The number of carbonyl (C=O) groups excluding carboxylic acids is 2. The van der Waals surface area contributed by atoms with Gasteiger partial charge in [-0.25, -0.2) is 4.90 Å². The molecule has 1 N–H and O–H groups in total. The number of nitrogens with one attached hydrogen (secondary N) is 1. The lowest BCUT2D eigenvalue weighted by atomic mass is 10.0. The predicted octanol–water partition coefficient (Wildman–Crippen LogP) is 4.72. The van der Waals surface area contributed by atoms with Crippen molar-refractivity contribution in [1.82, 2.24) is 0 Å². The summed E-state index contributed by atoms with van der Waals surface area (Å²) in [5, 5.41) is 3.16. The van der Waals surface area contributed by atoms with Gasteiger partial charge in [0.15, 0.2) is 0 Å². The summed E-state index contributed by atoms with van der Waals surface area (Å²) in [7, 11) is 3.11. The number of methoxy groups -OCH3 is 2. The Morgan fingerprint density at radius 2 is 1.47 bits per heavy atom. The van der Waals surface area contributed by atoms with E-state index in [1.807, 2.05) is 62.4 Å². The monoisotopic (exact) mass is 428 g/mol. The third-order valence-corrected chi connectivity index (χ3v) is 5.28. The van der Waals surface area contributed by atoms with Crippen LogP contribution in [0.3, 0.4) is 0 Å². The highest BCUT2D eigenvalue weighted by Crippen LogP contribution is 2.37. The van der Waals surface area contributed by atoms with Crippen LogP contribution in [0.4, 0.5) is 11.4 Å². The fourth-order valence-corrected chi connectivity index (χ4v) is 3.87. The van der Waals surface area contributed by atoms with E-state index in [0.29, 0.717) is 34.0 Å². The third-order valence-electron chi connectivity index (χ3n) is 5.28. The van der Waals surface area contributed by atoms with Gasteiger partial charge in [0.1, 0.15) is 17.2 Å². The number of imide groups is 1. The van der Waals surface area contributed by atoms with Gasteiger partial charge >= 0.3 is 0 Å². The van der Waals surface area contributed by atoms with Crippen LogP contribution in [-0.4, -0.2) is 26.0 Å². The number of aryl methyl sites for hydroxylation is 2. The second-order valence-corrected chi connectivity index (χ2v) is 7.60. The molecule has 6 nitrogen and oxygen atoms in total. The summed E-state index contributed by atoms with van der Waals surface area (Å²) in [5.74, 6) is 0.322. The fourth-order valence-electron chi connectivity index (χ4n) is 3.87. The van der Waals surface area contributed by atoms with Gasteiger partial charge in [0.25, 0.3) is 11.8 Å². The third kappa shape index (κ3) is 3.83. The van der Waals surface area contributed by atoms with Crippen molar-refractivity contribution >= 4 is 28.8 Å². The van der Waals surface area contributed by atoms with E-state index in [1.54, 1.807) is 25.3 Å². The summed E-state index contributed by atoms with van der Waals surface area (Å²) in [6.45, 7) is 3.88. The summed E-state index contributed by atoms with van der Waals surface area (Å²) < 4.78 is 10.7. The maximum atomic E-state index is 13.6. The molecular formula is C26H24N2O4. The second kappa shape index (κ2) is 8.59. The van der Waals surface area contributed by atoms with Gasteiger partial charge in [0.2, 0.25) is 0 Å². The Labute approximate surface area is 187 Å². The zero-order valence-electron chi connectivity index (χ0n) is 18.4. The van der Waals surface area contributed by atoms with Crippen molar-refractivity contribution in [3.8, 4) is 11.5 Å². The molecule has 0 fully saturated rings. The van der Waals surface area contributed by atoms with Crippen LogP contribution in [0, 0.1) is 13.8 Å². The fraction of sp³-hybridized carbons (Fsp3) is 0.154. The Hall–Kier alpha value is -4.06. The molecule has 0 saturated carbocycles. The lowest BCUT2D eigenvalue weighted by Crippen LogP contribution is -2.32. The van der Waals surface area contributed by atoms with Gasteiger partial charge in [-0.2, -0.15) is 0 Å². The molecule has 2 amide bonds. The topological polar surface area (TPSA) is 67.9 Å². The number of rotatable bonds is 6. The van der Waals surface area contributed by atoms with Crippen LogP contribution in [0.25, 0.3) is 5.57 Å². The maximum Gasteiger partial charge on any atom is 0.282 e. The van der Waals surface area contributed by atoms with E-state index in [2.05, 4.69) is 5.32 Å². The van der Waals surface area contributed by atoms with Crippen LogP contribution in [0.15, 0.2) is 72.4 Å². The van der Waals surface area contributed by atoms with Crippen LogP contribution in [0.5, 0.6) is 11.5 Å². The normalized spacial score (nSPS) is 13.6. The highest BCUT2D eigenvalue weighted by molar-refractivity contribution is 6.46. The average Bonchev–Trinajstić information content (AvgIpc) is 3.03. The van der Waals surface area contributed by atoms with E-state index in [4.69, 9.17) is 9.47 Å². The quantitative estimate of drug-likeness (QED) is 0.576. The first kappa shape index (κ1) is 21.2. The molecule has 0 saturated heterocycles. The predicted molar refractivity (Wildman–Crippen MR) is 125 cm³/mol. The summed E-state index contributed by atoms with van der Waals surface area (Å²) >= 11 is 0. The minimum atomic E-state index is -0.420. The van der Waals surface area contributed by atoms with E-state index in [1.165, 1.54) is 12.0 Å². The highest BCUT2D eigenvalue weighted by atomic mass is 16.5. The molecule has 3 aromatic carbocycles. The first-order valence-corrected chi connectivity index (χ1v) is 10.2. The number of amides is 2. The van der Waals surface area contributed by atoms with Crippen molar-refractivity contribution in [2.75, 3.05) is 24.4 Å². The smallest absolute Gasteiger partial charge is 0.282 e. The Balaban J connectivity index is 1.84. The Morgan fingerprint density at radius 3 is 2.09 bits per heavy atom. The number of benzene rings is 3. The summed E-state index contributed by atoms with van der Waals surface area (Å²) in [4.78, 5) is 28.3. The summed E-state index contributed by atoms with van der Waals surface area (Å²) in [5.41, 5.74) is 4.22. The Bertz CT molecular complexity index is 1210. The molecule has 162 valence electrons. The van der Waals surface area contributed by atoms with Crippen LogP contribution < -0.4 is 19.7 Å². The van der Waals surface area contributed by atoms with Crippen molar-refractivity contribution in [1.29, 1.82) is 0 Å². The molecule has 1 aliphatic rings. The average molecular weight is 428 g/mol. The van der Waals surface area contributed by atoms with Gasteiger partial charge in [-0.1, -0.05) is 36.4 Å². The lowest BCUT2D eigenvalue weighted by molar-refractivity contribution is -0.120. The van der Waals surface area contributed by atoms with Crippen molar-refractivity contribution in [3.05, 3.63) is 89.1 Å². The summed E-state index contributed by atoms with van der Waals surface area (Å²) in [6.07, 6.45) is 0. The van der Waals surface area contributed by atoms with Crippen molar-refractivity contribution in [3.63, 3.8) is 0 Å². The van der Waals surface area contributed by atoms with Crippen LogP contribution in [-0.2, 0) is 9.59 Å². The van der Waals surface area contributed by atoms with E-state index < -0.39 is 5.91 Å².